The number of benzene rings is 1. The van der Waals surface area contributed by atoms with Gasteiger partial charge in [0.15, 0.2) is 0 Å². The molecule has 1 rings (SSSR count). The topological polar surface area (TPSA) is 66.4 Å². The van der Waals surface area contributed by atoms with E-state index in [2.05, 4.69) is 4.72 Å². The summed E-state index contributed by atoms with van der Waals surface area (Å²) in [6.45, 7) is 3.73. The van der Waals surface area contributed by atoms with Crippen LogP contribution in [0.15, 0.2) is 29.2 Å². The summed E-state index contributed by atoms with van der Waals surface area (Å²) in [6, 6.07) is 5.13. The normalized spacial score (nSPS) is 13.8. The number of rotatable bonds is 6. The Hall–Kier alpha value is -0.980. The lowest BCUT2D eigenvalue weighted by Gasteiger charge is -2.14. The van der Waals surface area contributed by atoms with Gasteiger partial charge in [-0.1, -0.05) is 26.0 Å². The Kier molecular flexibility index (Phi) is 5.25. The maximum Gasteiger partial charge on any atom is 0.243 e. The maximum atomic E-state index is 13.3. The molecule has 0 amide bonds. The average Bonchev–Trinajstić information content (AvgIpc) is 2.26. The highest BCUT2D eigenvalue weighted by atomic mass is 32.2. The molecule has 0 aliphatic heterocycles. The number of hydrogen-bond acceptors (Lipinski definition) is 3. The van der Waals surface area contributed by atoms with Crippen molar-refractivity contribution in [1.29, 1.82) is 0 Å². The van der Waals surface area contributed by atoms with Crippen LogP contribution in [-0.4, -0.2) is 26.2 Å². The molecule has 0 spiro atoms. The summed E-state index contributed by atoms with van der Waals surface area (Å²) in [4.78, 5) is -0.401. The molecule has 0 aliphatic carbocycles. The van der Waals surface area contributed by atoms with Gasteiger partial charge in [0.05, 0.1) is 6.10 Å². The molecule has 0 saturated heterocycles. The van der Waals surface area contributed by atoms with Crippen molar-refractivity contribution in [2.75, 3.05) is 6.54 Å². The summed E-state index contributed by atoms with van der Waals surface area (Å²) < 4.78 is 39.1. The highest BCUT2D eigenvalue weighted by Gasteiger charge is 2.19. The van der Waals surface area contributed by atoms with Crippen LogP contribution in [0.5, 0.6) is 0 Å². The molecule has 0 radical (unpaired) electrons. The van der Waals surface area contributed by atoms with Crippen LogP contribution < -0.4 is 4.72 Å². The van der Waals surface area contributed by atoms with Gasteiger partial charge in [-0.3, -0.25) is 0 Å². The van der Waals surface area contributed by atoms with E-state index >= 15 is 0 Å². The summed E-state index contributed by atoms with van der Waals surface area (Å²) in [6.07, 6.45) is -0.286. The zero-order valence-corrected chi connectivity index (χ0v) is 11.2. The van der Waals surface area contributed by atoms with Crippen molar-refractivity contribution in [2.24, 2.45) is 5.92 Å². The van der Waals surface area contributed by atoms with Gasteiger partial charge in [0, 0.05) is 6.54 Å². The molecular formula is C12H18FNO3S. The largest absolute Gasteiger partial charge is 0.392 e. The second-order valence-corrected chi connectivity index (χ2v) is 6.30. The molecule has 1 unspecified atom stereocenters. The Morgan fingerprint density at radius 1 is 1.33 bits per heavy atom. The molecule has 0 fully saturated rings. The van der Waals surface area contributed by atoms with E-state index in [-0.39, 0.29) is 12.5 Å². The van der Waals surface area contributed by atoms with Crippen LogP contribution >= 0.6 is 0 Å². The summed E-state index contributed by atoms with van der Waals surface area (Å²) in [7, 11) is -3.91. The Morgan fingerprint density at radius 2 is 1.94 bits per heavy atom. The number of aliphatic hydroxyl groups is 1. The quantitative estimate of drug-likeness (QED) is 0.827. The fourth-order valence-corrected chi connectivity index (χ4v) is 2.72. The molecule has 4 nitrogen and oxygen atoms in total. The van der Waals surface area contributed by atoms with Gasteiger partial charge in [-0.05, 0) is 24.5 Å². The van der Waals surface area contributed by atoms with Gasteiger partial charge in [0.2, 0.25) is 10.0 Å². The van der Waals surface area contributed by atoms with Gasteiger partial charge in [-0.15, -0.1) is 0 Å². The van der Waals surface area contributed by atoms with Crippen LogP contribution in [0.25, 0.3) is 0 Å². The van der Waals surface area contributed by atoms with Crippen LogP contribution in [0.1, 0.15) is 20.3 Å². The van der Waals surface area contributed by atoms with E-state index in [9.17, 15) is 17.9 Å². The Morgan fingerprint density at radius 3 is 2.50 bits per heavy atom. The lowest BCUT2D eigenvalue weighted by molar-refractivity contribution is 0.152. The molecule has 1 aromatic carbocycles. The molecule has 0 bridgehead atoms. The fourth-order valence-electron chi connectivity index (χ4n) is 1.57. The molecule has 2 N–H and O–H groups in total. The third-order valence-electron chi connectivity index (χ3n) is 2.38. The zero-order valence-electron chi connectivity index (χ0n) is 10.4. The molecule has 0 heterocycles. The first-order chi connectivity index (χ1) is 8.33. The van der Waals surface area contributed by atoms with Crippen molar-refractivity contribution in [1.82, 2.24) is 4.72 Å². The molecule has 1 aromatic rings. The second kappa shape index (κ2) is 6.26. The molecule has 0 aliphatic rings. The summed E-state index contributed by atoms with van der Waals surface area (Å²) in [5.74, 6) is -0.540. The van der Waals surface area contributed by atoms with Crippen LogP contribution in [0.3, 0.4) is 0 Å². The van der Waals surface area contributed by atoms with Crippen molar-refractivity contribution in [3.8, 4) is 0 Å². The third kappa shape index (κ3) is 4.36. The summed E-state index contributed by atoms with van der Waals surface area (Å²) in [5.41, 5.74) is 0. The second-order valence-electron chi connectivity index (χ2n) is 4.57. The van der Waals surface area contributed by atoms with Crippen molar-refractivity contribution in [3.05, 3.63) is 30.1 Å². The molecule has 18 heavy (non-hydrogen) atoms. The highest BCUT2D eigenvalue weighted by molar-refractivity contribution is 7.89. The zero-order chi connectivity index (χ0) is 13.8. The van der Waals surface area contributed by atoms with Gasteiger partial charge in [0.1, 0.15) is 10.7 Å². The smallest absolute Gasteiger partial charge is 0.243 e. The van der Waals surface area contributed by atoms with Crippen LogP contribution in [-0.2, 0) is 10.0 Å². The third-order valence-corrected chi connectivity index (χ3v) is 3.84. The fraction of sp³-hybridized carbons (Fsp3) is 0.500. The van der Waals surface area contributed by atoms with E-state index in [0.717, 1.165) is 6.07 Å². The monoisotopic (exact) mass is 275 g/mol. The minimum Gasteiger partial charge on any atom is -0.392 e. The van der Waals surface area contributed by atoms with Gasteiger partial charge in [-0.2, -0.15) is 0 Å². The van der Waals surface area contributed by atoms with Gasteiger partial charge in [-0.25, -0.2) is 17.5 Å². The Bertz CT molecular complexity index is 488. The average molecular weight is 275 g/mol. The van der Waals surface area contributed by atoms with Gasteiger partial charge >= 0.3 is 0 Å². The first kappa shape index (κ1) is 15.1. The Labute approximate surface area is 107 Å². The molecule has 102 valence electrons. The maximum absolute atomic E-state index is 13.3. The van der Waals surface area contributed by atoms with E-state index in [4.69, 9.17) is 0 Å². The number of aliphatic hydroxyl groups excluding tert-OH is 1. The summed E-state index contributed by atoms with van der Waals surface area (Å²) >= 11 is 0. The van der Waals surface area contributed by atoms with Crippen molar-refractivity contribution in [3.63, 3.8) is 0 Å². The summed E-state index contributed by atoms with van der Waals surface area (Å²) in [5, 5.41) is 9.58. The predicted molar refractivity (Wildman–Crippen MR) is 67.1 cm³/mol. The number of halogens is 1. The number of sulfonamides is 1. The van der Waals surface area contributed by atoms with Crippen LogP contribution in [0, 0.1) is 11.7 Å². The van der Waals surface area contributed by atoms with E-state index in [1.165, 1.54) is 18.2 Å². The minimum atomic E-state index is -3.91. The van der Waals surface area contributed by atoms with E-state index < -0.39 is 26.8 Å². The van der Waals surface area contributed by atoms with Crippen LogP contribution in [0.2, 0.25) is 0 Å². The molecular weight excluding hydrogens is 257 g/mol. The molecule has 0 saturated carbocycles. The SMILES string of the molecule is CC(C)CC(O)CNS(=O)(=O)c1ccccc1F. The van der Waals surface area contributed by atoms with E-state index in [1.807, 2.05) is 13.8 Å². The first-order valence-electron chi connectivity index (χ1n) is 5.75. The van der Waals surface area contributed by atoms with Crippen molar-refractivity contribution >= 4 is 10.0 Å². The van der Waals surface area contributed by atoms with Gasteiger partial charge < -0.3 is 5.11 Å². The van der Waals surface area contributed by atoms with Crippen molar-refractivity contribution < 1.29 is 17.9 Å². The standard InChI is InChI=1S/C12H18FNO3S/c1-9(2)7-10(15)8-14-18(16,17)12-6-4-3-5-11(12)13/h3-6,9-10,14-15H,7-8H2,1-2H3. The minimum absolute atomic E-state index is 0.116. The van der Waals surface area contributed by atoms with Gasteiger partial charge in [0.25, 0.3) is 0 Å². The van der Waals surface area contributed by atoms with E-state index in [1.54, 1.807) is 0 Å². The Balaban J connectivity index is 2.69. The van der Waals surface area contributed by atoms with Crippen molar-refractivity contribution in [2.45, 2.75) is 31.3 Å². The lowest BCUT2D eigenvalue weighted by Crippen LogP contribution is -2.33. The first-order valence-corrected chi connectivity index (χ1v) is 7.23. The number of hydrogen-bond donors (Lipinski definition) is 2. The number of nitrogens with one attached hydrogen (secondary N) is 1. The van der Waals surface area contributed by atoms with E-state index in [0.29, 0.717) is 6.42 Å². The molecule has 0 aromatic heterocycles. The highest BCUT2D eigenvalue weighted by Crippen LogP contribution is 2.13. The molecule has 1 atom stereocenters. The predicted octanol–water partition coefficient (Wildman–Crippen LogP) is 1.51. The van der Waals surface area contributed by atoms with Crippen LogP contribution in [0.4, 0.5) is 4.39 Å². The lowest BCUT2D eigenvalue weighted by atomic mass is 10.1. The molecule has 6 heteroatoms.